The highest BCUT2D eigenvalue weighted by molar-refractivity contribution is 6.74. The van der Waals surface area contributed by atoms with Gasteiger partial charge in [0, 0.05) is 0 Å². The van der Waals surface area contributed by atoms with Gasteiger partial charge < -0.3 is 19.6 Å². The number of carbonyl (C=O) groups excluding carboxylic acids is 1. The number of benzene rings is 2. The summed E-state index contributed by atoms with van der Waals surface area (Å²) in [6.07, 6.45) is -1.67. The molecular formula is C26H37NO5Si. The summed E-state index contributed by atoms with van der Waals surface area (Å²) in [5, 5.41) is 12.4. The van der Waals surface area contributed by atoms with Crippen LogP contribution in [0.5, 0.6) is 0 Å². The van der Waals surface area contributed by atoms with Crippen LogP contribution in [0.15, 0.2) is 54.6 Å². The second-order valence-electron chi connectivity index (χ2n) is 10.7. The maximum atomic E-state index is 12.5. The number of ether oxygens (including phenoxy) is 1. The van der Waals surface area contributed by atoms with E-state index in [1.54, 1.807) is 20.8 Å². The van der Waals surface area contributed by atoms with E-state index in [1.165, 1.54) is 0 Å². The smallest absolute Gasteiger partial charge is 0.408 e. The van der Waals surface area contributed by atoms with Crippen molar-refractivity contribution in [2.75, 3.05) is 0 Å². The van der Waals surface area contributed by atoms with Crippen LogP contribution in [0.4, 0.5) is 4.79 Å². The molecule has 33 heavy (non-hydrogen) atoms. The molecule has 7 heteroatoms. The van der Waals surface area contributed by atoms with E-state index in [1.807, 2.05) is 54.6 Å². The standard InChI is InChI=1S/C26H37NO5Si/c1-25(2,3)31-24(30)27-21(23(28)29)22(32-33(7,8)26(4,5)6)20-16-14-19(15-17-20)18-12-10-9-11-13-18/h9-17,21-22H,1-8H3,(H,27,30)(H,28,29). The zero-order chi connectivity index (χ0) is 25.0. The van der Waals surface area contributed by atoms with E-state index >= 15 is 0 Å². The van der Waals surface area contributed by atoms with Crippen molar-refractivity contribution in [2.45, 2.75) is 77.4 Å². The SMILES string of the molecule is CC(C)(C)OC(=O)NC(C(=O)O)C(O[Si](C)(C)C(C)(C)C)c1ccc(-c2ccccc2)cc1. The molecule has 0 aliphatic heterocycles. The molecule has 0 saturated carbocycles. The molecule has 0 radical (unpaired) electrons. The summed E-state index contributed by atoms with van der Waals surface area (Å²) in [5.41, 5.74) is 2.01. The zero-order valence-electron chi connectivity index (χ0n) is 20.9. The zero-order valence-corrected chi connectivity index (χ0v) is 21.9. The fourth-order valence-electron chi connectivity index (χ4n) is 3.02. The minimum atomic E-state index is -2.39. The molecule has 2 unspecified atom stereocenters. The molecule has 0 saturated heterocycles. The van der Waals surface area contributed by atoms with Crippen LogP contribution in [0.1, 0.15) is 53.2 Å². The number of nitrogens with one attached hydrogen (secondary N) is 1. The Morgan fingerprint density at radius 1 is 0.879 bits per heavy atom. The predicted octanol–water partition coefficient (Wildman–Crippen LogP) is 6.39. The molecule has 2 N–H and O–H groups in total. The van der Waals surface area contributed by atoms with Gasteiger partial charge in [0.2, 0.25) is 0 Å². The Labute approximate surface area is 198 Å². The van der Waals surface area contributed by atoms with Crippen molar-refractivity contribution < 1.29 is 23.9 Å². The highest BCUT2D eigenvalue weighted by Crippen LogP contribution is 2.41. The molecule has 2 rings (SSSR count). The largest absolute Gasteiger partial charge is 0.480 e. The van der Waals surface area contributed by atoms with Gasteiger partial charge in [-0.2, -0.15) is 0 Å². The number of hydrogen-bond donors (Lipinski definition) is 2. The number of hydrogen-bond acceptors (Lipinski definition) is 4. The van der Waals surface area contributed by atoms with Gasteiger partial charge in [0.25, 0.3) is 0 Å². The van der Waals surface area contributed by atoms with Gasteiger partial charge in [-0.3, -0.25) is 0 Å². The second-order valence-corrected chi connectivity index (χ2v) is 15.5. The van der Waals surface area contributed by atoms with E-state index in [-0.39, 0.29) is 5.04 Å². The first-order valence-electron chi connectivity index (χ1n) is 11.2. The number of carboxylic acids is 1. The van der Waals surface area contributed by atoms with Crippen LogP contribution in [0.3, 0.4) is 0 Å². The molecule has 2 aromatic rings. The van der Waals surface area contributed by atoms with Crippen molar-refractivity contribution in [3.8, 4) is 11.1 Å². The Morgan fingerprint density at radius 2 is 1.39 bits per heavy atom. The van der Waals surface area contributed by atoms with E-state index < -0.39 is 38.1 Å². The molecule has 0 fully saturated rings. The Morgan fingerprint density at radius 3 is 1.85 bits per heavy atom. The predicted molar refractivity (Wildman–Crippen MR) is 134 cm³/mol. The van der Waals surface area contributed by atoms with Crippen molar-refractivity contribution >= 4 is 20.4 Å². The molecule has 0 aliphatic carbocycles. The quantitative estimate of drug-likeness (QED) is 0.457. The number of carbonyl (C=O) groups is 2. The number of rotatable bonds is 7. The lowest BCUT2D eigenvalue weighted by atomic mass is 9.98. The lowest BCUT2D eigenvalue weighted by Crippen LogP contribution is -2.51. The van der Waals surface area contributed by atoms with Gasteiger partial charge in [-0.25, -0.2) is 9.59 Å². The number of carboxylic acid groups (broad SMARTS) is 1. The molecule has 0 aromatic heterocycles. The normalized spacial score (nSPS) is 14.3. The topological polar surface area (TPSA) is 84.9 Å². The summed E-state index contributed by atoms with van der Waals surface area (Å²) in [7, 11) is -2.39. The third kappa shape index (κ3) is 7.44. The summed E-state index contributed by atoms with van der Waals surface area (Å²) < 4.78 is 11.9. The van der Waals surface area contributed by atoms with Gasteiger partial charge in [-0.1, -0.05) is 75.4 Å². The van der Waals surface area contributed by atoms with Gasteiger partial charge in [0.15, 0.2) is 14.4 Å². The van der Waals surface area contributed by atoms with Gasteiger partial charge in [-0.15, -0.1) is 0 Å². The molecule has 180 valence electrons. The number of amides is 1. The van der Waals surface area contributed by atoms with Crippen molar-refractivity contribution in [1.82, 2.24) is 5.32 Å². The van der Waals surface area contributed by atoms with E-state index in [9.17, 15) is 14.7 Å². The third-order valence-corrected chi connectivity index (χ3v) is 10.3. The molecule has 0 aliphatic rings. The average molecular weight is 472 g/mol. The number of aliphatic carboxylic acids is 1. The van der Waals surface area contributed by atoms with E-state index in [2.05, 4.69) is 39.2 Å². The van der Waals surface area contributed by atoms with Crippen LogP contribution in [-0.2, 0) is 14.0 Å². The van der Waals surface area contributed by atoms with Gasteiger partial charge >= 0.3 is 12.1 Å². The summed E-state index contributed by atoms with van der Waals surface area (Å²) in [4.78, 5) is 24.8. The number of alkyl carbamates (subject to hydrolysis) is 1. The summed E-state index contributed by atoms with van der Waals surface area (Å²) in [6, 6.07) is 16.2. The second kappa shape index (κ2) is 10.1. The molecule has 2 aromatic carbocycles. The van der Waals surface area contributed by atoms with Gasteiger partial charge in [-0.05, 0) is 55.6 Å². The van der Waals surface area contributed by atoms with Gasteiger partial charge in [0.1, 0.15) is 11.7 Å². The Kier molecular flexibility index (Phi) is 8.14. The van der Waals surface area contributed by atoms with E-state index in [0.29, 0.717) is 5.56 Å². The van der Waals surface area contributed by atoms with Crippen LogP contribution in [0.25, 0.3) is 11.1 Å². The van der Waals surface area contributed by atoms with Crippen molar-refractivity contribution in [3.05, 3.63) is 60.2 Å². The first kappa shape index (κ1) is 26.6. The lowest BCUT2D eigenvalue weighted by molar-refractivity contribution is -0.142. The Bertz CT molecular complexity index is 943. The fourth-order valence-corrected chi connectivity index (χ4v) is 4.28. The minimum Gasteiger partial charge on any atom is -0.480 e. The van der Waals surface area contributed by atoms with E-state index in [0.717, 1.165) is 11.1 Å². The molecule has 1 amide bonds. The highest BCUT2D eigenvalue weighted by atomic mass is 28.4. The molecule has 0 bridgehead atoms. The summed E-state index contributed by atoms with van der Waals surface area (Å²) in [5.74, 6) is -1.18. The maximum absolute atomic E-state index is 12.5. The first-order valence-corrected chi connectivity index (χ1v) is 14.1. The van der Waals surface area contributed by atoms with Crippen molar-refractivity contribution in [2.24, 2.45) is 0 Å². The highest BCUT2D eigenvalue weighted by Gasteiger charge is 2.43. The minimum absolute atomic E-state index is 0.149. The van der Waals surface area contributed by atoms with Crippen molar-refractivity contribution in [3.63, 3.8) is 0 Å². The van der Waals surface area contributed by atoms with Crippen LogP contribution >= 0.6 is 0 Å². The lowest BCUT2D eigenvalue weighted by Gasteiger charge is -2.41. The first-order chi connectivity index (χ1) is 15.1. The third-order valence-electron chi connectivity index (χ3n) is 5.82. The summed E-state index contributed by atoms with van der Waals surface area (Å²) in [6.45, 7) is 15.6. The van der Waals surface area contributed by atoms with E-state index in [4.69, 9.17) is 9.16 Å². The molecule has 0 spiro atoms. The van der Waals surface area contributed by atoms with Gasteiger partial charge in [0.05, 0.1) is 0 Å². The molecule has 0 heterocycles. The Balaban J connectivity index is 2.45. The average Bonchev–Trinajstić information content (AvgIpc) is 2.69. The fraction of sp³-hybridized carbons (Fsp3) is 0.462. The van der Waals surface area contributed by atoms with Crippen LogP contribution < -0.4 is 5.32 Å². The van der Waals surface area contributed by atoms with Crippen LogP contribution in [0.2, 0.25) is 18.1 Å². The molecule has 2 atom stereocenters. The van der Waals surface area contributed by atoms with Crippen molar-refractivity contribution in [1.29, 1.82) is 0 Å². The van der Waals surface area contributed by atoms with Crippen LogP contribution in [0, 0.1) is 0 Å². The maximum Gasteiger partial charge on any atom is 0.408 e. The summed E-state index contributed by atoms with van der Waals surface area (Å²) >= 11 is 0. The monoisotopic (exact) mass is 471 g/mol. The van der Waals surface area contributed by atoms with Crippen LogP contribution in [-0.4, -0.2) is 37.1 Å². The Hall–Kier alpha value is -2.64. The molecule has 6 nitrogen and oxygen atoms in total. The molecular weight excluding hydrogens is 434 g/mol.